The predicted molar refractivity (Wildman–Crippen MR) is 58.7 cm³/mol. The van der Waals surface area contributed by atoms with Crippen LogP contribution in [0.2, 0.25) is 0 Å². The van der Waals surface area contributed by atoms with Crippen LogP contribution in [0.25, 0.3) is 0 Å². The summed E-state index contributed by atoms with van der Waals surface area (Å²) < 4.78 is 1.42. The second kappa shape index (κ2) is 3.70. The molecule has 0 saturated carbocycles. The van der Waals surface area contributed by atoms with Gasteiger partial charge in [0.1, 0.15) is 11.6 Å². The van der Waals surface area contributed by atoms with Crippen molar-refractivity contribution in [1.82, 2.24) is 9.78 Å². The third-order valence-electron chi connectivity index (χ3n) is 3.11. The number of carbonyl (C=O) groups is 2. The number of carbonyl (C=O) groups excluding carboxylic acids is 2. The van der Waals surface area contributed by atoms with Crippen LogP contribution in [-0.2, 0) is 16.6 Å². The molecule has 2 rings (SSSR count). The van der Waals surface area contributed by atoms with Gasteiger partial charge in [0.25, 0.3) is 0 Å². The summed E-state index contributed by atoms with van der Waals surface area (Å²) >= 11 is 0. The Bertz CT molecular complexity index is 520. The molecule has 88 valence electrons. The van der Waals surface area contributed by atoms with Crippen LogP contribution in [0.15, 0.2) is 6.20 Å². The van der Waals surface area contributed by atoms with Gasteiger partial charge < -0.3 is 0 Å². The Kier molecular flexibility index (Phi) is 2.46. The molecule has 1 aliphatic rings. The summed E-state index contributed by atoms with van der Waals surface area (Å²) in [5.41, 5.74) is 0.232. The smallest absolute Gasteiger partial charge is 0.238 e. The SMILES string of the molecule is CC1C(=O)N(c2nn(C)cc2C#N)C(=O)C1C. The molecule has 0 aliphatic carbocycles. The van der Waals surface area contributed by atoms with Crippen LogP contribution >= 0.6 is 0 Å². The lowest BCUT2D eigenvalue weighted by Crippen LogP contribution is -2.31. The van der Waals surface area contributed by atoms with Gasteiger partial charge in [-0.1, -0.05) is 13.8 Å². The average molecular weight is 232 g/mol. The Balaban J connectivity index is 2.51. The Morgan fingerprint density at radius 3 is 2.29 bits per heavy atom. The number of imide groups is 1. The molecule has 0 radical (unpaired) electrons. The number of anilines is 1. The lowest BCUT2D eigenvalue weighted by molar-refractivity contribution is -0.122. The van der Waals surface area contributed by atoms with E-state index in [1.807, 2.05) is 6.07 Å². The van der Waals surface area contributed by atoms with E-state index in [-0.39, 0.29) is 35.0 Å². The van der Waals surface area contributed by atoms with Crippen LogP contribution in [0.1, 0.15) is 19.4 Å². The Morgan fingerprint density at radius 1 is 1.29 bits per heavy atom. The van der Waals surface area contributed by atoms with Crippen LogP contribution in [0.3, 0.4) is 0 Å². The zero-order chi connectivity index (χ0) is 12.7. The minimum absolute atomic E-state index is 0.140. The number of nitriles is 1. The first kappa shape index (κ1) is 11.3. The highest BCUT2D eigenvalue weighted by atomic mass is 16.2. The van der Waals surface area contributed by atoms with Crippen LogP contribution in [0, 0.1) is 23.2 Å². The molecule has 0 bridgehead atoms. The van der Waals surface area contributed by atoms with E-state index in [0.717, 1.165) is 4.90 Å². The fourth-order valence-electron chi connectivity index (χ4n) is 1.87. The van der Waals surface area contributed by atoms with Gasteiger partial charge in [0.05, 0.1) is 0 Å². The summed E-state index contributed by atoms with van der Waals surface area (Å²) in [5, 5.41) is 13.0. The molecular formula is C11H12N4O2. The van der Waals surface area contributed by atoms with E-state index in [4.69, 9.17) is 5.26 Å². The van der Waals surface area contributed by atoms with Gasteiger partial charge in [0.2, 0.25) is 11.8 Å². The number of aromatic nitrogens is 2. The molecule has 2 unspecified atom stereocenters. The Labute approximate surface area is 98.4 Å². The highest BCUT2D eigenvalue weighted by molar-refractivity contribution is 6.21. The van der Waals surface area contributed by atoms with Crippen molar-refractivity contribution in [3.63, 3.8) is 0 Å². The number of rotatable bonds is 1. The summed E-state index contributed by atoms with van der Waals surface area (Å²) in [4.78, 5) is 24.9. The number of aryl methyl sites for hydroxylation is 1. The lowest BCUT2D eigenvalue weighted by Gasteiger charge is -2.10. The van der Waals surface area contributed by atoms with E-state index in [2.05, 4.69) is 5.10 Å². The van der Waals surface area contributed by atoms with Crippen LogP contribution in [-0.4, -0.2) is 21.6 Å². The maximum atomic E-state index is 12.0. The fourth-order valence-corrected chi connectivity index (χ4v) is 1.87. The van der Waals surface area contributed by atoms with E-state index in [9.17, 15) is 9.59 Å². The Hall–Kier alpha value is -2.16. The molecule has 0 aromatic carbocycles. The van der Waals surface area contributed by atoms with Crippen LogP contribution in [0.4, 0.5) is 5.82 Å². The van der Waals surface area contributed by atoms with Crippen molar-refractivity contribution in [3.8, 4) is 6.07 Å². The minimum atomic E-state index is -0.365. The van der Waals surface area contributed by atoms with E-state index in [0.29, 0.717) is 0 Å². The van der Waals surface area contributed by atoms with E-state index >= 15 is 0 Å². The van der Waals surface area contributed by atoms with E-state index in [1.165, 1.54) is 10.9 Å². The van der Waals surface area contributed by atoms with Crippen molar-refractivity contribution in [3.05, 3.63) is 11.8 Å². The van der Waals surface area contributed by atoms with Gasteiger partial charge in [-0.25, -0.2) is 4.90 Å². The number of hydrogen-bond acceptors (Lipinski definition) is 4. The fraction of sp³-hybridized carbons (Fsp3) is 0.455. The molecule has 0 spiro atoms. The normalized spacial score (nSPS) is 24.2. The molecule has 1 aromatic rings. The van der Waals surface area contributed by atoms with Gasteiger partial charge in [0.15, 0.2) is 5.82 Å². The summed E-state index contributed by atoms with van der Waals surface area (Å²) in [5.74, 6) is -1.18. The molecule has 2 atom stereocenters. The third-order valence-corrected chi connectivity index (χ3v) is 3.11. The predicted octanol–water partition coefficient (Wildman–Crippen LogP) is 0.437. The van der Waals surface area contributed by atoms with Crippen molar-refractivity contribution in [2.24, 2.45) is 18.9 Å². The zero-order valence-corrected chi connectivity index (χ0v) is 9.84. The quantitative estimate of drug-likeness (QED) is 0.658. The minimum Gasteiger partial charge on any atom is -0.274 e. The maximum absolute atomic E-state index is 12.0. The monoisotopic (exact) mass is 232 g/mol. The molecule has 2 heterocycles. The van der Waals surface area contributed by atoms with Gasteiger partial charge in [0, 0.05) is 25.1 Å². The molecule has 17 heavy (non-hydrogen) atoms. The summed E-state index contributed by atoms with van der Waals surface area (Å²) in [6, 6.07) is 1.93. The first-order chi connectivity index (χ1) is 7.97. The molecule has 1 saturated heterocycles. The zero-order valence-electron chi connectivity index (χ0n) is 9.84. The number of hydrogen-bond donors (Lipinski definition) is 0. The third kappa shape index (κ3) is 1.51. The first-order valence-corrected chi connectivity index (χ1v) is 5.29. The van der Waals surface area contributed by atoms with Crippen molar-refractivity contribution >= 4 is 17.6 Å². The van der Waals surface area contributed by atoms with Crippen LogP contribution in [0.5, 0.6) is 0 Å². The molecule has 1 fully saturated rings. The average Bonchev–Trinajstić information content (AvgIpc) is 2.75. The number of nitrogens with zero attached hydrogens (tertiary/aromatic N) is 4. The highest BCUT2D eigenvalue weighted by Gasteiger charge is 2.44. The molecule has 1 aromatic heterocycles. The summed E-state index contributed by atoms with van der Waals surface area (Å²) in [6.45, 7) is 3.42. The van der Waals surface area contributed by atoms with Crippen molar-refractivity contribution in [1.29, 1.82) is 5.26 Å². The first-order valence-electron chi connectivity index (χ1n) is 5.29. The molecular weight excluding hydrogens is 220 g/mol. The van der Waals surface area contributed by atoms with Gasteiger partial charge in [-0.15, -0.1) is 0 Å². The molecule has 6 nitrogen and oxygen atoms in total. The van der Waals surface area contributed by atoms with Gasteiger partial charge in [-0.3, -0.25) is 14.3 Å². The second-order valence-corrected chi connectivity index (χ2v) is 4.24. The maximum Gasteiger partial charge on any atom is 0.238 e. The molecule has 1 aliphatic heterocycles. The standard InChI is InChI=1S/C11H12N4O2/c1-6-7(2)11(17)15(10(6)16)9-8(4-12)5-14(3)13-9/h5-7H,1-3H3. The van der Waals surface area contributed by atoms with Gasteiger partial charge >= 0.3 is 0 Å². The molecule has 2 amide bonds. The van der Waals surface area contributed by atoms with E-state index < -0.39 is 0 Å². The van der Waals surface area contributed by atoms with Gasteiger partial charge in [-0.05, 0) is 0 Å². The van der Waals surface area contributed by atoms with Crippen molar-refractivity contribution < 1.29 is 9.59 Å². The molecule has 6 heteroatoms. The highest BCUT2D eigenvalue weighted by Crippen LogP contribution is 2.30. The van der Waals surface area contributed by atoms with Gasteiger partial charge in [-0.2, -0.15) is 10.4 Å². The summed E-state index contributed by atoms with van der Waals surface area (Å²) in [7, 11) is 1.64. The van der Waals surface area contributed by atoms with Crippen molar-refractivity contribution in [2.45, 2.75) is 13.8 Å². The Morgan fingerprint density at radius 2 is 1.82 bits per heavy atom. The van der Waals surface area contributed by atoms with Crippen LogP contribution < -0.4 is 4.90 Å². The topological polar surface area (TPSA) is 79.0 Å². The second-order valence-electron chi connectivity index (χ2n) is 4.24. The number of amides is 2. The largest absolute Gasteiger partial charge is 0.274 e. The van der Waals surface area contributed by atoms with E-state index in [1.54, 1.807) is 20.9 Å². The lowest BCUT2D eigenvalue weighted by atomic mass is 10.00. The summed E-state index contributed by atoms with van der Waals surface area (Å²) in [6.07, 6.45) is 1.49. The van der Waals surface area contributed by atoms with Crippen molar-refractivity contribution in [2.75, 3.05) is 4.90 Å². The molecule has 0 N–H and O–H groups in total.